The highest BCUT2D eigenvalue weighted by molar-refractivity contribution is 7.99. The van der Waals surface area contributed by atoms with Gasteiger partial charge in [0.15, 0.2) is 28.3 Å². The maximum atomic E-state index is 13.0. The number of halogens is 1. The van der Waals surface area contributed by atoms with Gasteiger partial charge in [0.2, 0.25) is 0 Å². The van der Waals surface area contributed by atoms with Crippen LogP contribution in [0.15, 0.2) is 47.6 Å². The molecule has 0 aliphatic rings. The van der Waals surface area contributed by atoms with Crippen molar-refractivity contribution in [3.8, 4) is 22.9 Å². The molecular weight excluding hydrogens is 345 g/mol. The van der Waals surface area contributed by atoms with Crippen LogP contribution < -0.4 is 0 Å². The van der Waals surface area contributed by atoms with E-state index < -0.39 is 0 Å². The molecule has 25 heavy (non-hydrogen) atoms. The van der Waals surface area contributed by atoms with Crippen molar-refractivity contribution in [2.24, 2.45) is 7.05 Å². The summed E-state index contributed by atoms with van der Waals surface area (Å²) in [6.45, 7) is 0. The van der Waals surface area contributed by atoms with Crippen LogP contribution in [0.1, 0.15) is 10.4 Å². The second-order valence-corrected chi connectivity index (χ2v) is 6.23. The van der Waals surface area contributed by atoms with Crippen LogP contribution in [-0.2, 0) is 7.05 Å². The van der Waals surface area contributed by atoms with Crippen molar-refractivity contribution in [3.63, 3.8) is 0 Å². The Balaban J connectivity index is 1.72. The minimum atomic E-state index is -0.340. The largest absolute Gasteiger partial charge is 0.504 e. The van der Waals surface area contributed by atoms with Crippen LogP contribution >= 0.6 is 11.8 Å². The molecule has 0 fully saturated rings. The van der Waals surface area contributed by atoms with Crippen molar-refractivity contribution < 1.29 is 19.4 Å². The number of carbonyl (C=O) groups excluding carboxylic acids is 1. The molecule has 6 nitrogen and oxygen atoms in total. The minimum Gasteiger partial charge on any atom is -0.504 e. The molecule has 0 radical (unpaired) electrons. The number of hydrogen-bond acceptors (Lipinski definition) is 6. The van der Waals surface area contributed by atoms with E-state index in [1.54, 1.807) is 23.7 Å². The second kappa shape index (κ2) is 6.94. The standard InChI is InChI=1S/C17H14FN3O3S/c1-21-16(10-2-5-12(18)6-3-10)19-20-17(21)25-9-15(24)11-4-7-13(22)14(23)8-11/h2-8,22-23H,9H2,1H3. The Bertz CT molecular complexity index is 925. The summed E-state index contributed by atoms with van der Waals surface area (Å²) in [4.78, 5) is 12.2. The summed E-state index contributed by atoms with van der Waals surface area (Å²) in [6, 6.07) is 9.84. The third-order valence-corrected chi connectivity index (χ3v) is 4.59. The molecule has 0 saturated heterocycles. The van der Waals surface area contributed by atoms with Crippen molar-refractivity contribution in [2.45, 2.75) is 5.16 Å². The first-order chi connectivity index (χ1) is 12.0. The van der Waals surface area contributed by atoms with E-state index in [0.717, 1.165) is 5.56 Å². The van der Waals surface area contributed by atoms with Crippen molar-refractivity contribution in [1.82, 2.24) is 14.8 Å². The number of Topliss-reactive ketones (excluding diaryl/α,β-unsaturated/α-hetero) is 1. The highest BCUT2D eigenvalue weighted by Crippen LogP contribution is 2.27. The Labute approximate surface area is 147 Å². The van der Waals surface area contributed by atoms with Crippen molar-refractivity contribution in [3.05, 3.63) is 53.8 Å². The van der Waals surface area contributed by atoms with E-state index >= 15 is 0 Å². The van der Waals surface area contributed by atoms with E-state index in [1.165, 1.54) is 42.1 Å². The first kappa shape index (κ1) is 17.0. The summed E-state index contributed by atoms with van der Waals surface area (Å²) >= 11 is 1.20. The summed E-state index contributed by atoms with van der Waals surface area (Å²) in [7, 11) is 1.76. The van der Waals surface area contributed by atoms with Gasteiger partial charge in [-0.05, 0) is 42.5 Å². The zero-order valence-corrected chi connectivity index (χ0v) is 14.0. The first-order valence-electron chi connectivity index (χ1n) is 7.29. The molecule has 1 aromatic heterocycles. The number of rotatable bonds is 5. The van der Waals surface area contributed by atoms with Crippen molar-refractivity contribution in [2.75, 3.05) is 5.75 Å². The summed E-state index contributed by atoms with van der Waals surface area (Å²) in [6.07, 6.45) is 0. The van der Waals surface area contributed by atoms with Crippen LogP contribution in [0.5, 0.6) is 11.5 Å². The Morgan fingerprint density at radius 2 is 1.84 bits per heavy atom. The maximum absolute atomic E-state index is 13.0. The number of ketones is 1. The third kappa shape index (κ3) is 3.63. The quantitative estimate of drug-likeness (QED) is 0.414. The fourth-order valence-electron chi connectivity index (χ4n) is 2.20. The monoisotopic (exact) mass is 359 g/mol. The molecule has 0 atom stereocenters. The number of benzene rings is 2. The second-order valence-electron chi connectivity index (χ2n) is 5.29. The van der Waals surface area contributed by atoms with E-state index in [-0.39, 0.29) is 28.9 Å². The number of thioether (sulfide) groups is 1. The summed E-state index contributed by atoms with van der Waals surface area (Å²) < 4.78 is 14.7. The number of carbonyl (C=O) groups is 1. The van der Waals surface area contributed by atoms with Gasteiger partial charge in [-0.2, -0.15) is 0 Å². The van der Waals surface area contributed by atoms with Gasteiger partial charge in [0.05, 0.1) is 5.75 Å². The van der Waals surface area contributed by atoms with Crippen LogP contribution in [0.2, 0.25) is 0 Å². The van der Waals surface area contributed by atoms with Gasteiger partial charge in [-0.1, -0.05) is 11.8 Å². The topological polar surface area (TPSA) is 88.2 Å². The molecule has 2 aromatic carbocycles. The predicted molar refractivity (Wildman–Crippen MR) is 91.2 cm³/mol. The third-order valence-electron chi connectivity index (χ3n) is 3.57. The number of aromatic nitrogens is 3. The molecule has 0 unspecified atom stereocenters. The average molecular weight is 359 g/mol. The van der Waals surface area contributed by atoms with Gasteiger partial charge in [0, 0.05) is 18.2 Å². The van der Waals surface area contributed by atoms with E-state index in [2.05, 4.69) is 10.2 Å². The molecule has 0 aliphatic heterocycles. The number of phenols is 2. The fraction of sp³-hybridized carbons (Fsp3) is 0.118. The van der Waals surface area contributed by atoms with Crippen molar-refractivity contribution >= 4 is 17.5 Å². The van der Waals surface area contributed by atoms with E-state index in [9.17, 15) is 19.4 Å². The first-order valence-corrected chi connectivity index (χ1v) is 8.27. The molecule has 128 valence electrons. The zero-order chi connectivity index (χ0) is 18.0. The van der Waals surface area contributed by atoms with Gasteiger partial charge in [-0.15, -0.1) is 10.2 Å². The summed E-state index contributed by atoms with van der Waals surface area (Å²) in [5.74, 6) is -0.499. The normalized spacial score (nSPS) is 10.8. The van der Waals surface area contributed by atoms with E-state index in [1.807, 2.05) is 0 Å². The van der Waals surface area contributed by atoms with Gasteiger partial charge in [0.25, 0.3) is 0 Å². The Hall–Kier alpha value is -2.87. The van der Waals surface area contributed by atoms with Gasteiger partial charge < -0.3 is 14.8 Å². The van der Waals surface area contributed by atoms with Gasteiger partial charge in [-0.3, -0.25) is 4.79 Å². The lowest BCUT2D eigenvalue weighted by Crippen LogP contribution is -2.04. The minimum absolute atomic E-state index is 0.0968. The van der Waals surface area contributed by atoms with Gasteiger partial charge in [-0.25, -0.2) is 4.39 Å². The molecule has 1 heterocycles. The van der Waals surface area contributed by atoms with Crippen molar-refractivity contribution in [1.29, 1.82) is 0 Å². The van der Waals surface area contributed by atoms with Gasteiger partial charge >= 0.3 is 0 Å². The highest BCUT2D eigenvalue weighted by Gasteiger charge is 2.14. The highest BCUT2D eigenvalue weighted by atomic mass is 32.2. The molecule has 0 bridgehead atoms. The Morgan fingerprint density at radius 1 is 1.12 bits per heavy atom. The Kier molecular flexibility index (Phi) is 4.71. The maximum Gasteiger partial charge on any atom is 0.191 e. The van der Waals surface area contributed by atoms with Crippen LogP contribution in [-0.4, -0.2) is 36.5 Å². The summed E-state index contributed by atoms with van der Waals surface area (Å²) in [5, 5.41) is 27.4. The molecule has 3 rings (SSSR count). The number of aromatic hydroxyl groups is 2. The zero-order valence-electron chi connectivity index (χ0n) is 13.2. The summed E-state index contributed by atoms with van der Waals surface area (Å²) in [5.41, 5.74) is 1.02. The lowest BCUT2D eigenvalue weighted by molar-refractivity contribution is 0.102. The van der Waals surface area contributed by atoms with Crippen LogP contribution in [0.4, 0.5) is 4.39 Å². The fourth-order valence-corrected chi connectivity index (χ4v) is 3.01. The number of hydrogen-bond donors (Lipinski definition) is 2. The molecule has 0 aliphatic carbocycles. The molecule has 0 saturated carbocycles. The molecule has 3 aromatic rings. The molecule has 0 spiro atoms. The molecule has 2 N–H and O–H groups in total. The molecule has 0 amide bonds. The van der Waals surface area contributed by atoms with E-state index in [4.69, 9.17) is 0 Å². The van der Waals surface area contributed by atoms with E-state index in [0.29, 0.717) is 16.5 Å². The van der Waals surface area contributed by atoms with Crippen LogP contribution in [0.25, 0.3) is 11.4 Å². The van der Waals surface area contributed by atoms with Crippen LogP contribution in [0.3, 0.4) is 0 Å². The predicted octanol–water partition coefficient (Wildman–Crippen LogP) is 3.01. The average Bonchev–Trinajstić information content (AvgIpc) is 2.96. The Morgan fingerprint density at radius 3 is 2.52 bits per heavy atom. The smallest absolute Gasteiger partial charge is 0.191 e. The number of phenolic OH excluding ortho intramolecular Hbond substituents is 2. The van der Waals surface area contributed by atoms with Gasteiger partial charge in [0.1, 0.15) is 5.82 Å². The lowest BCUT2D eigenvalue weighted by atomic mass is 10.1. The van der Waals surface area contributed by atoms with Crippen LogP contribution in [0, 0.1) is 5.82 Å². The molecular formula is C17H14FN3O3S. The SMILES string of the molecule is Cn1c(SCC(=O)c2ccc(O)c(O)c2)nnc1-c1ccc(F)cc1. The number of nitrogens with zero attached hydrogens (tertiary/aromatic N) is 3. The lowest BCUT2D eigenvalue weighted by Gasteiger charge is -2.05. The molecule has 8 heteroatoms.